The average molecular weight is 453 g/mol. The summed E-state index contributed by atoms with van der Waals surface area (Å²) in [5.74, 6) is 0.592. The number of carbonyl (C=O) groups is 1. The molecule has 0 fully saturated rings. The van der Waals surface area contributed by atoms with Gasteiger partial charge in [0.1, 0.15) is 17.7 Å². The van der Waals surface area contributed by atoms with Crippen LogP contribution in [0.3, 0.4) is 0 Å². The average Bonchev–Trinajstić information content (AvgIpc) is 3.22. The number of fused-ring (bicyclic) bond motifs is 3. The number of ether oxygens (including phenoxy) is 3. The van der Waals surface area contributed by atoms with Gasteiger partial charge in [-0.15, -0.1) is 5.10 Å². The molecule has 4 rings (SSSR count). The maximum atomic E-state index is 13.6. The molecule has 2 atom stereocenters. The molecule has 0 saturated carbocycles. The van der Waals surface area contributed by atoms with Crippen LogP contribution in [-0.4, -0.2) is 50.9 Å². The lowest BCUT2D eigenvalue weighted by Gasteiger charge is -2.29. The highest BCUT2D eigenvalue weighted by Crippen LogP contribution is 2.38. The van der Waals surface area contributed by atoms with E-state index in [2.05, 4.69) is 20.2 Å². The number of anilines is 1. The first-order valence-corrected chi connectivity index (χ1v) is 11.0. The third kappa shape index (κ3) is 4.44. The van der Waals surface area contributed by atoms with Gasteiger partial charge in [-0.3, -0.25) is 4.79 Å². The van der Waals surface area contributed by atoms with E-state index in [0.29, 0.717) is 42.5 Å². The van der Waals surface area contributed by atoms with E-state index in [1.165, 1.54) is 0 Å². The van der Waals surface area contributed by atoms with Crippen LogP contribution in [-0.2, 0) is 22.6 Å². The van der Waals surface area contributed by atoms with Crippen molar-refractivity contribution in [2.45, 2.75) is 52.7 Å². The van der Waals surface area contributed by atoms with Gasteiger partial charge in [-0.05, 0) is 38.0 Å². The molecule has 2 N–H and O–H groups in total. The number of amides is 1. The molecule has 3 aromatic heterocycles. The molecule has 0 spiro atoms. The normalized spacial score (nSPS) is 15.9. The summed E-state index contributed by atoms with van der Waals surface area (Å²) in [7, 11) is 1.57. The molecular formula is C23H28N6O4. The highest BCUT2D eigenvalue weighted by molar-refractivity contribution is 5.97. The van der Waals surface area contributed by atoms with Crippen LogP contribution in [0.25, 0.3) is 10.9 Å². The fourth-order valence-corrected chi connectivity index (χ4v) is 4.08. The van der Waals surface area contributed by atoms with Crippen molar-refractivity contribution in [1.82, 2.24) is 25.1 Å². The minimum atomic E-state index is -0.457. The summed E-state index contributed by atoms with van der Waals surface area (Å²) in [5.41, 5.74) is 9.48. The van der Waals surface area contributed by atoms with Crippen LogP contribution >= 0.6 is 0 Å². The first-order chi connectivity index (χ1) is 16.0. The molecule has 10 heteroatoms. The van der Waals surface area contributed by atoms with Gasteiger partial charge < -0.3 is 24.8 Å². The van der Waals surface area contributed by atoms with E-state index in [1.54, 1.807) is 36.4 Å². The summed E-state index contributed by atoms with van der Waals surface area (Å²) in [6, 6.07) is 5.27. The molecule has 1 unspecified atom stereocenters. The van der Waals surface area contributed by atoms with Gasteiger partial charge in [-0.2, -0.15) is 5.10 Å². The fourth-order valence-electron chi connectivity index (χ4n) is 4.08. The monoisotopic (exact) mass is 452 g/mol. The second kappa shape index (κ2) is 9.63. The lowest BCUT2D eigenvalue weighted by atomic mass is 10.0. The van der Waals surface area contributed by atoms with Crippen LogP contribution < -0.4 is 10.5 Å². The molecule has 1 amide bonds. The standard InChI is InChI=1S/C23H28N6O4/c1-5-20(31-4)29(11-14-7-8-19(28-27-14)32-6-2)23(30)17-9-15-16-12-33-13(3)21(16)22(24)26-18(15)10-25-17/h7-10,13,20H,5-6,11-12H2,1-4H3,(H2,24,26)/t13-,20?/m1/s1. The van der Waals surface area contributed by atoms with E-state index in [1.807, 2.05) is 20.8 Å². The number of nitrogen functional groups attached to an aromatic ring is 1. The molecule has 0 aliphatic carbocycles. The van der Waals surface area contributed by atoms with Crippen LogP contribution in [0.5, 0.6) is 5.88 Å². The van der Waals surface area contributed by atoms with E-state index in [0.717, 1.165) is 16.5 Å². The third-order valence-corrected chi connectivity index (χ3v) is 5.70. The zero-order valence-corrected chi connectivity index (χ0v) is 19.2. The third-order valence-electron chi connectivity index (χ3n) is 5.70. The van der Waals surface area contributed by atoms with Crippen molar-refractivity contribution < 1.29 is 19.0 Å². The Morgan fingerprint density at radius 1 is 1.33 bits per heavy atom. The van der Waals surface area contributed by atoms with Crippen LogP contribution in [0.15, 0.2) is 24.4 Å². The summed E-state index contributed by atoms with van der Waals surface area (Å²) >= 11 is 0. The van der Waals surface area contributed by atoms with Crippen molar-refractivity contribution in [1.29, 1.82) is 0 Å². The molecule has 3 aromatic rings. The van der Waals surface area contributed by atoms with Crippen LogP contribution in [0.4, 0.5) is 5.82 Å². The van der Waals surface area contributed by atoms with E-state index < -0.39 is 6.23 Å². The van der Waals surface area contributed by atoms with Gasteiger partial charge in [0.25, 0.3) is 5.91 Å². The van der Waals surface area contributed by atoms with Gasteiger partial charge in [-0.1, -0.05) is 6.92 Å². The lowest BCUT2D eigenvalue weighted by molar-refractivity contribution is -0.0270. The minimum Gasteiger partial charge on any atom is -0.477 e. The van der Waals surface area contributed by atoms with Gasteiger partial charge in [-0.25, -0.2) is 9.97 Å². The number of hydrogen-bond donors (Lipinski definition) is 1. The number of aromatic nitrogens is 4. The Labute approximate surface area is 192 Å². The summed E-state index contributed by atoms with van der Waals surface area (Å²) in [4.78, 5) is 24.0. The topological polar surface area (TPSA) is 126 Å². The Balaban J connectivity index is 1.69. The molecule has 33 heavy (non-hydrogen) atoms. The quantitative estimate of drug-likeness (QED) is 0.513. The smallest absolute Gasteiger partial charge is 0.274 e. The molecule has 0 aromatic carbocycles. The molecule has 1 aliphatic heterocycles. The van der Waals surface area contributed by atoms with Crippen molar-refractivity contribution in [3.63, 3.8) is 0 Å². The van der Waals surface area contributed by atoms with Crippen molar-refractivity contribution in [2.24, 2.45) is 0 Å². The zero-order valence-electron chi connectivity index (χ0n) is 19.2. The molecular weight excluding hydrogens is 424 g/mol. The van der Waals surface area contributed by atoms with Gasteiger partial charge in [0, 0.05) is 24.1 Å². The molecule has 0 radical (unpaired) electrons. The maximum absolute atomic E-state index is 13.6. The summed E-state index contributed by atoms with van der Waals surface area (Å²) in [5, 5.41) is 9.07. The largest absolute Gasteiger partial charge is 0.477 e. The molecule has 10 nitrogen and oxygen atoms in total. The molecule has 1 aliphatic rings. The number of rotatable bonds is 8. The van der Waals surface area contributed by atoms with Gasteiger partial charge in [0.05, 0.1) is 43.3 Å². The number of hydrogen-bond acceptors (Lipinski definition) is 9. The van der Waals surface area contributed by atoms with E-state index >= 15 is 0 Å². The van der Waals surface area contributed by atoms with Crippen LogP contribution in [0, 0.1) is 0 Å². The van der Waals surface area contributed by atoms with Crippen molar-refractivity contribution in [3.8, 4) is 5.88 Å². The summed E-state index contributed by atoms with van der Waals surface area (Å²) in [6.45, 7) is 6.89. The molecule has 0 bridgehead atoms. The Hall–Kier alpha value is -3.37. The highest BCUT2D eigenvalue weighted by Gasteiger charge is 2.29. The minimum absolute atomic E-state index is 0.142. The predicted molar refractivity (Wildman–Crippen MR) is 121 cm³/mol. The second-order valence-corrected chi connectivity index (χ2v) is 7.76. The Bertz CT molecular complexity index is 1150. The number of nitrogens with two attached hydrogens (primary N) is 1. The van der Waals surface area contributed by atoms with E-state index in [9.17, 15) is 4.79 Å². The Kier molecular flexibility index (Phi) is 6.66. The fraction of sp³-hybridized carbons (Fsp3) is 0.435. The number of pyridine rings is 2. The second-order valence-electron chi connectivity index (χ2n) is 7.76. The van der Waals surface area contributed by atoms with Gasteiger partial charge in [0.15, 0.2) is 0 Å². The number of nitrogens with zero attached hydrogens (tertiary/aromatic N) is 5. The van der Waals surface area contributed by atoms with Crippen molar-refractivity contribution in [3.05, 3.63) is 46.9 Å². The zero-order chi connectivity index (χ0) is 23.5. The first-order valence-electron chi connectivity index (χ1n) is 11.0. The summed E-state index contributed by atoms with van der Waals surface area (Å²) in [6.07, 6.45) is 1.57. The number of methoxy groups -OCH3 is 1. The van der Waals surface area contributed by atoms with E-state index in [-0.39, 0.29) is 24.2 Å². The molecule has 0 saturated heterocycles. The molecule has 174 valence electrons. The van der Waals surface area contributed by atoms with Crippen molar-refractivity contribution in [2.75, 3.05) is 19.5 Å². The van der Waals surface area contributed by atoms with Gasteiger partial charge >= 0.3 is 0 Å². The Morgan fingerprint density at radius 3 is 2.82 bits per heavy atom. The van der Waals surface area contributed by atoms with E-state index in [4.69, 9.17) is 19.9 Å². The van der Waals surface area contributed by atoms with Crippen molar-refractivity contribution >= 4 is 22.6 Å². The first kappa shape index (κ1) is 22.8. The lowest BCUT2D eigenvalue weighted by Crippen LogP contribution is -2.41. The van der Waals surface area contributed by atoms with Gasteiger partial charge in [0.2, 0.25) is 5.88 Å². The SMILES string of the molecule is CCOc1ccc(CN(C(=O)c2cc3c4c(c(N)nc3cn2)[C@@H](C)OC4)C(CC)OC)nn1. The maximum Gasteiger partial charge on any atom is 0.274 e. The van der Waals surface area contributed by atoms with Crippen LogP contribution in [0.1, 0.15) is 60.6 Å². The number of carbonyl (C=O) groups excluding carboxylic acids is 1. The predicted octanol–water partition coefficient (Wildman–Crippen LogP) is 3.02. The van der Waals surface area contributed by atoms with Crippen LogP contribution in [0.2, 0.25) is 0 Å². The highest BCUT2D eigenvalue weighted by atomic mass is 16.5. The summed E-state index contributed by atoms with van der Waals surface area (Å²) < 4.78 is 16.7. The molecule has 4 heterocycles. The Morgan fingerprint density at radius 2 is 2.15 bits per heavy atom.